The summed E-state index contributed by atoms with van der Waals surface area (Å²) in [6, 6.07) is 22.8. The lowest BCUT2D eigenvalue weighted by molar-refractivity contribution is 0.0474. The van der Waals surface area contributed by atoms with Gasteiger partial charge >= 0.3 is 11.9 Å². The standard InChI is InChI=1S/C23H18O5/c1-27-22(25)19-11-13-20(14-12-19)23(26)28-15-21(24)18-9-7-17(8-10-18)16-5-3-2-4-6-16/h2-14H,15H2,1H3. The molecule has 0 atom stereocenters. The molecule has 0 aliphatic heterocycles. The van der Waals surface area contributed by atoms with Crippen LogP contribution >= 0.6 is 0 Å². The van der Waals surface area contributed by atoms with E-state index in [1.807, 2.05) is 42.5 Å². The van der Waals surface area contributed by atoms with Gasteiger partial charge in [-0.25, -0.2) is 9.59 Å². The van der Waals surface area contributed by atoms with Crippen molar-refractivity contribution in [1.82, 2.24) is 0 Å². The molecular weight excluding hydrogens is 356 g/mol. The van der Waals surface area contributed by atoms with E-state index in [-0.39, 0.29) is 18.0 Å². The third-order valence-electron chi connectivity index (χ3n) is 4.19. The maximum atomic E-state index is 12.3. The minimum atomic E-state index is -0.634. The van der Waals surface area contributed by atoms with E-state index in [2.05, 4.69) is 4.74 Å². The zero-order valence-electron chi connectivity index (χ0n) is 15.3. The van der Waals surface area contributed by atoms with Gasteiger partial charge in [-0.3, -0.25) is 4.79 Å². The lowest BCUT2D eigenvalue weighted by Gasteiger charge is -2.06. The Bertz CT molecular complexity index is 974. The Morgan fingerprint density at radius 2 is 1.14 bits per heavy atom. The molecule has 3 aromatic rings. The Morgan fingerprint density at radius 3 is 1.71 bits per heavy atom. The summed E-state index contributed by atoms with van der Waals surface area (Å²) in [7, 11) is 1.28. The van der Waals surface area contributed by atoms with Gasteiger partial charge in [-0.15, -0.1) is 0 Å². The summed E-state index contributed by atoms with van der Waals surface area (Å²) in [4.78, 5) is 35.7. The fourth-order valence-corrected chi connectivity index (χ4v) is 2.64. The van der Waals surface area contributed by atoms with Crippen molar-refractivity contribution in [3.63, 3.8) is 0 Å². The fourth-order valence-electron chi connectivity index (χ4n) is 2.64. The topological polar surface area (TPSA) is 69.7 Å². The number of hydrogen-bond donors (Lipinski definition) is 0. The highest BCUT2D eigenvalue weighted by Gasteiger charge is 2.13. The number of hydrogen-bond acceptors (Lipinski definition) is 5. The maximum Gasteiger partial charge on any atom is 0.338 e. The van der Waals surface area contributed by atoms with Crippen molar-refractivity contribution in [3.05, 3.63) is 95.6 Å². The molecule has 0 aromatic heterocycles. The second-order valence-electron chi connectivity index (χ2n) is 6.01. The van der Waals surface area contributed by atoms with Gasteiger partial charge in [-0.05, 0) is 35.4 Å². The van der Waals surface area contributed by atoms with Crippen LogP contribution in [0.4, 0.5) is 0 Å². The van der Waals surface area contributed by atoms with E-state index in [4.69, 9.17) is 4.74 Å². The second-order valence-corrected chi connectivity index (χ2v) is 6.01. The smallest absolute Gasteiger partial charge is 0.338 e. The molecule has 0 aliphatic rings. The normalized spacial score (nSPS) is 10.2. The predicted octanol–water partition coefficient (Wildman–Crippen LogP) is 4.18. The highest BCUT2D eigenvalue weighted by molar-refractivity contribution is 6.00. The SMILES string of the molecule is COC(=O)c1ccc(C(=O)OCC(=O)c2ccc(-c3ccccc3)cc2)cc1. The predicted molar refractivity (Wildman–Crippen MR) is 104 cm³/mol. The molecule has 0 bridgehead atoms. The summed E-state index contributed by atoms with van der Waals surface area (Å²) in [6.45, 7) is -0.359. The van der Waals surface area contributed by atoms with Crippen LogP contribution in [0.25, 0.3) is 11.1 Å². The molecule has 28 heavy (non-hydrogen) atoms. The largest absolute Gasteiger partial charge is 0.465 e. The maximum absolute atomic E-state index is 12.3. The fraction of sp³-hybridized carbons (Fsp3) is 0.0870. The number of esters is 2. The van der Waals surface area contributed by atoms with Crippen LogP contribution in [0.5, 0.6) is 0 Å². The van der Waals surface area contributed by atoms with Crippen LogP contribution < -0.4 is 0 Å². The number of ketones is 1. The van der Waals surface area contributed by atoms with Crippen molar-refractivity contribution in [2.24, 2.45) is 0 Å². The number of ether oxygens (including phenoxy) is 2. The second kappa shape index (κ2) is 8.77. The van der Waals surface area contributed by atoms with E-state index in [1.54, 1.807) is 12.1 Å². The van der Waals surface area contributed by atoms with Crippen LogP contribution in [-0.4, -0.2) is 31.4 Å². The molecule has 0 aliphatic carbocycles. The van der Waals surface area contributed by atoms with Crippen molar-refractivity contribution < 1.29 is 23.9 Å². The van der Waals surface area contributed by atoms with Gasteiger partial charge in [0.15, 0.2) is 12.4 Å². The summed E-state index contributed by atoms with van der Waals surface area (Å²) in [5.41, 5.74) is 3.10. The van der Waals surface area contributed by atoms with Gasteiger partial charge in [0.05, 0.1) is 18.2 Å². The van der Waals surface area contributed by atoms with Gasteiger partial charge in [-0.2, -0.15) is 0 Å². The monoisotopic (exact) mass is 374 g/mol. The number of Topliss-reactive ketones (excluding diaryl/α,β-unsaturated/α-hetero) is 1. The van der Waals surface area contributed by atoms with Crippen molar-refractivity contribution in [3.8, 4) is 11.1 Å². The molecule has 5 heteroatoms. The zero-order chi connectivity index (χ0) is 19.9. The first-order chi connectivity index (χ1) is 13.6. The van der Waals surface area contributed by atoms with Crippen molar-refractivity contribution in [2.75, 3.05) is 13.7 Å². The highest BCUT2D eigenvalue weighted by atomic mass is 16.5. The number of carbonyl (C=O) groups is 3. The van der Waals surface area contributed by atoms with Gasteiger partial charge in [0.2, 0.25) is 0 Å². The molecule has 0 N–H and O–H groups in total. The lowest BCUT2D eigenvalue weighted by atomic mass is 10.0. The minimum Gasteiger partial charge on any atom is -0.465 e. The first-order valence-corrected chi connectivity index (χ1v) is 8.62. The third-order valence-corrected chi connectivity index (χ3v) is 4.19. The highest BCUT2D eigenvalue weighted by Crippen LogP contribution is 2.19. The van der Waals surface area contributed by atoms with E-state index >= 15 is 0 Å². The van der Waals surface area contributed by atoms with E-state index in [0.717, 1.165) is 11.1 Å². The molecule has 0 spiro atoms. The molecule has 0 saturated carbocycles. The van der Waals surface area contributed by atoms with Gasteiger partial charge < -0.3 is 9.47 Å². The van der Waals surface area contributed by atoms with Crippen LogP contribution in [0.2, 0.25) is 0 Å². The Kier molecular flexibility index (Phi) is 5.97. The summed E-state index contributed by atoms with van der Waals surface area (Å²) >= 11 is 0. The van der Waals surface area contributed by atoms with Gasteiger partial charge in [-0.1, -0.05) is 54.6 Å². The average Bonchev–Trinajstić information content (AvgIpc) is 2.77. The molecule has 5 nitrogen and oxygen atoms in total. The number of carbonyl (C=O) groups excluding carboxylic acids is 3. The molecule has 0 radical (unpaired) electrons. The number of benzene rings is 3. The van der Waals surface area contributed by atoms with Crippen molar-refractivity contribution >= 4 is 17.7 Å². The molecular formula is C23H18O5. The van der Waals surface area contributed by atoms with E-state index < -0.39 is 11.9 Å². The van der Waals surface area contributed by atoms with Gasteiger partial charge in [0.25, 0.3) is 0 Å². The number of rotatable bonds is 6. The molecule has 0 fully saturated rings. The third kappa shape index (κ3) is 4.51. The molecule has 3 rings (SSSR count). The van der Waals surface area contributed by atoms with Gasteiger partial charge in [0, 0.05) is 5.56 Å². The molecule has 0 amide bonds. The molecule has 0 heterocycles. The van der Waals surface area contributed by atoms with Crippen LogP contribution in [0, 0.1) is 0 Å². The first kappa shape index (κ1) is 19.0. The van der Waals surface area contributed by atoms with E-state index in [1.165, 1.54) is 31.4 Å². The van der Waals surface area contributed by atoms with E-state index in [9.17, 15) is 14.4 Å². The Morgan fingerprint density at radius 1 is 0.643 bits per heavy atom. The summed E-state index contributed by atoms with van der Waals surface area (Å²) in [5, 5.41) is 0. The van der Waals surface area contributed by atoms with E-state index in [0.29, 0.717) is 11.1 Å². The van der Waals surface area contributed by atoms with Crippen LogP contribution in [0.1, 0.15) is 31.1 Å². The zero-order valence-corrected chi connectivity index (χ0v) is 15.3. The lowest BCUT2D eigenvalue weighted by Crippen LogP contribution is -2.14. The Balaban J connectivity index is 1.59. The van der Waals surface area contributed by atoms with Crippen LogP contribution in [-0.2, 0) is 9.47 Å². The molecule has 0 saturated heterocycles. The molecule has 0 unspecified atom stereocenters. The minimum absolute atomic E-state index is 0.250. The van der Waals surface area contributed by atoms with Crippen LogP contribution in [0.15, 0.2) is 78.9 Å². The summed E-state index contributed by atoms with van der Waals surface area (Å²) in [6.07, 6.45) is 0. The summed E-state index contributed by atoms with van der Waals surface area (Å²) in [5.74, 6) is -1.42. The summed E-state index contributed by atoms with van der Waals surface area (Å²) < 4.78 is 9.68. The van der Waals surface area contributed by atoms with Crippen molar-refractivity contribution in [1.29, 1.82) is 0 Å². The first-order valence-electron chi connectivity index (χ1n) is 8.62. The average molecular weight is 374 g/mol. The Hall–Kier alpha value is -3.73. The number of methoxy groups -OCH3 is 1. The van der Waals surface area contributed by atoms with Gasteiger partial charge in [0.1, 0.15) is 0 Å². The molecule has 140 valence electrons. The van der Waals surface area contributed by atoms with Crippen molar-refractivity contribution in [2.45, 2.75) is 0 Å². The van der Waals surface area contributed by atoms with Crippen LogP contribution in [0.3, 0.4) is 0 Å². The quantitative estimate of drug-likeness (QED) is 0.478. The Labute approximate surface area is 162 Å². The molecule has 3 aromatic carbocycles.